The van der Waals surface area contributed by atoms with E-state index in [1.54, 1.807) is 24.3 Å². The highest BCUT2D eigenvalue weighted by molar-refractivity contribution is 7.89. The van der Waals surface area contributed by atoms with Crippen LogP contribution >= 0.6 is 11.3 Å². The lowest BCUT2D eigenvalue weighted by molar-refractivity contribution is -0.116. The number of rotatable bonds is 8. The van der Waals surface area contributed by atoms with Crippen LogP contribution in [0.1, 0.15) is 40.1 Å². The molecule has 0 radical (unpaired) electrons. The minimum absolute atomic E-state index is 0.189. The maximum atomic E-state index is 12.7. The van der Waals surface area contributed by atoms with E-state index in [1.807, 2.05) is 37.3 Å². The summed E-state index contributed by atoms with van der Waals surface area (Å²) in [6.07, 6.45) is 2.41. The number of carbonyl (C=O) groups excluding carboxylic acids is 2. The van der Waals surface area contributed by atoms with E-state index in [1.165, 1.54) is 15.6 Å². The molecule has 2 heterocycles. The van der Waals surface area contributed by atoms with Gasteiger partial charge in [-0.05, 0) is 49.4 Å². The van der Waals surface area contributed by atoms with Crippen LogP contribution in [0, 0.1) is 6.92 Å². The molecule has 1 aliphatic rings. The zero-order valence-electron chi connectivity index (χ0n) is 18.9. The van der Waals surface area contributed by atoms with E-state index in [2.05, 4.69) is 5.32 Å². The number of nitrogens with two attached hydrogens (primary N) is 1. The molecule has 34 heavy (non-hydrogen) atoms. The third kappa shape index (κ3) is 5.06. The molecule has 3 N–H and O–H groups in total. The first-order chi connectivity index (χ1) is 16.3. The summed E-state index contributed by atoms with van der Waals surface area (Å²) in [5.74, 6) is -0.828. The van der Waals surface area contributed by atoms with E-state index in [0.29, 0.717) is 30.1 Å². The largest absolute Gasteiger partial charge is 0.365 e. The molecule has 2 amide bonds. The summed E-state index contributed by atoms with van der Waals surface area (Å²) in [5, 5.41) is 3.29. The molecule has 0 atom stereocenters. The number of thiophene rings is 1. The minimum Gasteiger partial charge on any atom is -0.365 e. The molecular weight excluding hydrogens is 470 g/mol. The van der Waals surface area contributed by atoms with Crippen LogP contribution in [0.3, 0.4) is 0 Å². The monoisotopic (exact) mass is 497 g/mol. The van der Waals surface area contributed by atoms with Crippen molar-refractivity contribution in [3.63, 3.8) is 0 Å². The summed E-state index contributed by atoms with van der Waals surface area (Å²) in [7, 11) is -3.45. The Morgan fingerprint density at radius 3 is 2.29 bits per heavy atom. The normalized spacial score (nSPS) is 14.3. The number of benzene rings is 2. The molecule has 1 aromatic heterocycles. The average Bonchev–Trinajstić information content (AvgIpc) is 3.47. The molecule has 1 saturated heterocycles. The Morgan fingerprint density at radius 1 is 1.03 bits per heavy atom. The van der Waals surface area contributed by atoms with Crippen molar-refractivity contribution in [1.29, 1.82) is 0 Å². The predicted octanol–water partition coefficient (Wildman–Crippen LogP) is 4.18. The molecule has 7 nitrogen and oxygen atoms in total. The van der Waals surface area contributed by atoms with E-state index in [-0.39, 0.29) is 17.2 Å². The number of amides is 2. The summed E-state index contributed by atoms with van der Waals surface area (Å²) in [6, 6.07) is 16.2. The van der Waals surface area contributed by atoms with Crippen LogP contribution in [0.2, 0.25) is 0 Å². The molecule has 0 unspecified atom stereocenters. The lowest BCUT2D eigenvalue weighted by Gasteiger charge is -2.15. The van der Waals surface area contributed by atoms with Crippen LogP contribution < -0.4 is 11.1 Å². The van der Waals surface area contributed by atoms with E-state index >= 15 is 0 Å². The second kappa shape index (κ2) is 10.1. The van der Waals surface area contributed by atoms with Crippen LogP contribution in [0.5, 0.6) is 0 Å². The molecule has 4 rings (SSSR count). The number of sulfonamides is 1. The average molecular weight is 498 g/mol. The summed E-state index contributed by atoms with van der Waals surface area (Å²) >= 11 is 1.33. The molecule has 9 heteroatoms. The Kier molecular flexibility index (Phi) is 7.16. The molecule has 3 aromatic rings. The van der Waals surface area contributed by atoms with Crippen molar-refractivity contribution in [2.45, 2.75) is 37.5 Å². The molecule has 2 aromatic carbocycles. The molecular formula is C25H27N3O4S2. The number of primary amides is 1. The first-order valence-electron chi connectivity index (χ1n) is 11.1. The van der Waals surface area contributed by atoms with Gasteiger partial charge >= 0.3 is 0 Å². The van der Waals surface area contributed by atoms with Crippen LogP contribution in [0.25, 0.3) is 11.1 Å². The SMILES string of the molecule is Cc1sc(NC(=O)CCc2ccc(S(=O)(=O)N3CCCC3)cc2)c(C(N)=O)c1-c1ccccc1. The third-order valence-corrected chi connectivity index (χ3v) is 8.85. The van der Waals surface area contributed by atoms with Crippen LogP contribution in [-0.2, 0) is 21.2 Å². The highest BCUT2D eigenvalue weighted by Crippen LogP contribution is 2.39. The number of anilines is 1. The van der Waals surface area contributed by atoms with Crippen molar-refractivity contribution in [2.75, 3.05) is 18.4 Å². The number of hydrogen-bond acceptors (Lipinski definition) is 5. The summed E-state index contributed by atoms with van der Waals surface area (Å²) in [4.78, 5) is 26.0. The van der Waals surface area contributed by atoms with Crippen molar-refractivity contribution in [2.24, 2.45) is 5.73 Å². The lowest BCUT2D eigenvalue weighted by Crippen LogP contribution is -2.27. The number of carbonyl (C=O) groups is 2. The number of hydrogen-bond donors (Lipinski definition) is 2. The number of aryl methyl sites for hydroxylation is 2. The van der Waals surface area contributed by atoms with Crippen molar-refractivity contribution in [1.82, 2.24) is 4.31 Å². The summed E-state index contributed by atoms with van der Waals surface area (Å²) < 4.78 is 26.8. The van der Waals surface area contributed by atoms with Crippen molar-refractivity contribution in [3.8, 4) is 11.1 Å². The standard InChI is InChI=1S/C25H27N3O4S2/c1-17-22(19-7-3-2-4-8-19)23(24(26)30)25(33-17)27-21(29)14-11-18-9-12-20(13-10-18)34(31,32)28-15-5-6-16-28/h2-4,7-10,12-13H,5-6,11,14-16H2,1H3,(H2,26,30)(H,27,29). The Labute approximate surface area is 203 Å². The Morgan fingerprint density at radius 2 is 1.68 bits per heavy atom. The fraction of sp³-hybridized carbons (Fsp3) is 0.280. The van der Waals surface area contributed by atoms with Crippen LogP contribution in [-0.4, -0.2) is 37.6 Å². The molecule has 0 spiro atoms. The topological polar surface area (TPSA) is 110 Å². The van der Waals surface area contributed by atoms with Crippen LogP contribution in [0.15, 0.2) is 59.5 Å². The Bertz CT molecular complexity index is 1290. The molecule has 0 aliphatic carbocycles. The van der Waals surface area contributed by atoms with Gasteiger partial charge in [0, 0.05) is 30.0 Å². The number of nitrogens with one attached hydrogen (secondary N) is 1. The third-order valence-electron chi connectivity index (χ3n) is 5.91. The molecule has 1 aliphatic heterocycles. The van der Waals surface area contributed by atoms with Gasteiger partial charge in [-0.15, -0.1) is 11.3 Å². The first kappa shape index (κ1) is 24.1. The van der Waals surface area contributed by atoms with Gasteiger partial charge in [-0.2, -0.15) is 4.31 Å². The van der Waals surface area contributed by atoms with Gasteiger partial charge in [-0.1, -0.05) is 42.5 Å². The van der Waals surface area contributed by atoms with Gasteiger partial charge in [0.15, 0.2) is 0 Å². The maximum Gasteiger partial charge on any atom is 0.252 e. The Balaban J connectivity index is 1.43. The first-order valence-corrected chi connectivity index (χ1v) is 13.4. The summed E-state index contributed by atoms with van der Waals surface area (Å²) in [5.41, 5.74) is 8.45. The van der Waals surface area contributed by atoms with E-state index in [0.717, 1.165) is 34.4 Å². The van der Waals surface area contributed by atoms with E-state index < -0.39 is 15.9 Å². The van der Waals surface area contributed by atoms with Crippen molar-refractivity contribution >= 4 is 38.2 Å². The number of nitrogens with zero attached hydrogens (tertiary/aromatic N) is 1. The second-order valence-corrected chi connectivity index (χ2v) is 11.4. The van der Waals surface area contributed by atoms with Crippen LogP contribution in [0.4, 0.5) is 5.00 Å². The van der Waals surface area contributed by atoms with E-state index in [4.69, 9.17) is 5.73 Å². The van der Waals surface area contributed by atoms with Gasteiger partial charge in [0.05, 0.1) is 10.5 Å². The zero-order chi connectivity index (χ0) is 24.3. The molecule has 0 bridgehead atoms. The highest BCUT2D eigenvalue weighted by atomic mass is 32.2. The molecule has 178 valence electrons. The maximum absolute atomic E-state index is 12.7. The van der Waals surface area contributed by atoms with Gasteiger partial charge < -0.3 is 11.1 Å². The molecule has 1 fully saturated rings. The van der Waals surface area contributed by atoms with Gasteiger partial charge in [-0.3, -0.25) is 9.59 Å². The fourth-order valence-electron chi connectivity index (χ4n) is 4.17. The quantitative estimate of drug-likeness (QED) is 0.486. The van der Waals surface area contributed by atoms with Crippen molar-refractivity contribution < 1.29 is 18.0 Å². The van der Waals surface area contributed by atoms with Gasteiger partial charge in [0.25, 0.3) is 5.91 Å². The fourth-order valence-corrected chi connectivity index (χ4v) is 6.79. The zero-order valence-corrected chi connectivity index (χ0v) is 20.5. The van der Waals surface area contributed by atoms with Gasteiger partial charge in [0.2, 0.25) is 15.9 Å². The smallest absolute Gasteiger partial charge is 0.252 e. The van der Waals surface area contributed by atoms with Crippen molar-refractivity contribution in [3.05, 3.63) is 70.6 Å². The minimum atomic E-state index is -3.45. The Hall–Kier alpha value is -3.01. The molecule has 0 saturated carbocycles. The van der Waals surface area contributed by atoms with Gasteiger partial charge in [0.1, 0.15) is 5.00 Å². The predicted molar refractivity (Wildman–Crippen MR) is 134 cm³/mol. The second-order valence-electron chi connectivity index (χ2n) is 8.27. The van der Waals surface area contributed by atoms with Gasteiger partial charge in [-0.25, -0.2) is 8.42 Å². The summed E-state index contributed by atoms with van der Waals surface area (Å²) in [6.45, 7) is 3.02. The highest BCUT2D eigenvalue weighted by Gasteiger charge is 2.27. The lowest BCUT2D eigenvalue weighted by atomic mass is 10.0. The van der Waals surface area contributed by atoms with E-state index in [9.17, 15) is 18.0 Å².